The number of hydrogen-bond donors (Lipinski definition) is 1. The summed E-state index contributed by atoms with van der Waals surface area (Å²) in [4.78, 5) is 17.4. The molecule has 0 amide bonds. The van der Waals surface area contributed by atoms with Gasteiger partial charge in [-0.15, -0.1) is 0 Å². The molecule has 0 fully saturated rings. The van der Waals surface area contributed by atoms with Gasteiger partial charge in [0.1, 0.15) is 11.5 Å². The second kappa shape index (κ2) is 6.67. The van der Waals surface area contributed by atoms with Crippen molar-refractivity contribution in [3.63, 3.8) is 0 Å². The molecule has 9 heteroatoms. The number of nitrogens with one attached hydrogen (secondary N) is 1. The Morgan fingerprint density at radius 3 is 2.81 bits per heavy atom. The third kappa shape index (κ3) is 3.28. The van der Waals surface area contributed by atoms with Gasteiger partial charge >= 0.3 is 0 Å². The molecule has 0 radical (unpaired) electrons. The van der Waals surface area contributed by atoms with Crippen LogP contribution in [0.25, 0.3) is 6.08 Å². The van der Waals surface area contributed by atoms with E-state index >= 15 is 0 Å². The van der Waals surface area contributed by atoms with Gasteiger partial charge in [0.05, 0.1) is 22.5 Å². The molecule has 2 aromatic heterocycles. The van der Waals surface area contributed by atoms with Crippen molar-refractivity contribution in [1.29, 1.82) is 0 Å². The van der Waals surface area contributed by atoms with Crippen LogP contribution in [0.4, 0.5) is 0 Å². The lowest BCUT2D eigenvalue weighted by Gasteiger charge is -2.04. The first-order valence-corrected chi connectivity index (χ1v) is 10.2. The van der Waals surface area contributed by atoms with E-state index in [1.165, 1.54) is 23.5 Å². The highest BCUT2D eigenvalue weighted by atomic mass is 32.2. The molecule has 0 saturated heterocycles. The molecule has 1 N–H and O–H groups in total. The van der Waals surface area contributed by atoms with Crippen molar-refractivity contribution < 1.29 is 12.8 Å². The average Bonchev–Trinajstić information content (AvgIpc) is 3.34. The Bertz CT molecular complexity index is 1220. The van der Waals surface area contributed by atoms with Crippen LogP contribution in [0.3, 0.4) is 0 Å². The molecule has 0 spiro atoms. The highest BCUT2D eigenvalue weighted by Gasteiger charge is 2.14. The van der Waals surface area contributed by atoms with Crippen molar-refractivity contribution >= 4 is 27.4 Å². The van der Waals surface area contributed by atoms with Crippen molar-refractivity contribution in [1.82, 2.24) is 9.29 Å². The predicted molar refractivity (Wildman–Crippen MR) is 97.0 cm³/mol. The van der Waals surface area contributed by atoms with Crippen molar-refractivity contribution in [2.45, 2.75) is 18.0 Å². The van der Waals surface area contributed by atoms with E-state index in [-0.39, 0.29) is 17.0 Å². The number of fused-ring (bicyclic) bond motifs is 1. The molecular weight excluding hydrogens is 374 g/mol. The fraction of sp³-hybridized carbons (Fsp3) is 0.176. The van der Waals surface area contributed by atoms with Crippen molar-refractivity contribution in [2.24, 2.45) is 4.99 Å². The lowest BCUT2D eigenvalue weighted by atomic mass is 10.4. The largest absolute Gasteiger partial charge is 0.460 e. The number of nitrogens with zero attached hydrogens (tertiary/aromatic N) is 2. The fourth-order valence-corrected chi connectivity index (χ4v) is 4.64. The monoisotopic (exact) mass is 389 g/mol. The van der Waals surface area contributed by atoms with E-state index in [1.807, 2.05) is 0 Å². The first-order valence-electron chi connectivity index (χ1n) is 7.92. The summed E-state index contributed by atoms with van der Waals surface area (Å²) in [5, 5.41) is 0. The molecule has 4 rings (SSSR count). The van der Waals surface area contributed by atoms with Gasteiger partial charge in [-0.2, -0.15) is 0 Å². The summed E-state index contributed by atoms with van der Waals surface area (Å²) >= 11 is 1.32. The van der Waals surface area contributed by atoms with Gasteiger partial charge in [0.25, 0.3) is 5.56 Å². The SMILES string of the molecule is O=c1c(=Cc2ccc(CNS(=O)(=O)c3ccccc3)o2)sc2n1CCN=2. The van der Waals surface area contributed by atoms with Crippen LogP contribution in [0.15, 0.2) is 61.6 Å². The van der Waals surface area contributed by atoms with Gasteiger partial charge in [-0.05, 0) is 24.3 Å². The van der Waals surface area contributed by atoms with Gasteiger partial charge in [-0.3, -0.25) is 14.4 Å². The second-order valence-corrected chi connectivity index (χ2v) is 8.45. The summed E-state index contributed by atoms with van der Waals surface area (Å²) in [7, 11) is -3.60. The summed E-state index contributed by atoms with van der Waals surface area (Å²) in [6, 6.07) is 11.5. The Balaban J connectivity index is 1.53. The smallest absolute Gasteiger partial charge is 0.270 e. The molecular formula is C17H15N3O4S2. The summed E-state index contributed by atoms with van der Waals surface area (Å²) in [6.45, 7) is 1.29. The van der Waals surface area contributed by atoms with Gasteiger partial charge < -0.3 is 4.42 Å². The molecule has 0 unspecified atom stereocenters. The van der Waals surface area contributed by atoms with Crippen molar-refractivity contribution in [2.75, 3.05) is 6.54 Å². The van der Waals surface area contributed by atoms with Crippen LogP contribution < -0.4 is 19.6 Å². The number of thiazole rings is 1. The predicted octanol–water partition coefficient (Wildman–Crippen LogP) is 0.443. The minimum atomic E-state index is -3.60. The van der Waals surface area contributed by atoms with Crippen LogP contribution in [0, 0.1) is 0 Å². The number of furan rings is 1. The van der Waals surface area contributed by atoms with E-state index in [4.69, 9.17) is 4.42 Å². The minimum Gasteiger partial charge on any atom is -0.460 e. The Labute approximate surface area is 153 Å². The molecule has 1 aliphatic heterocycles. The molecule has 7 nitrogen and oxygen atoms in total. The van der Waals surface area contributed by atoms with Gasteiger partial charge in [-0.1, -0.05) is 29.5 Å². The van der Waals surface area contributed by atoms with Crippen LogP contribution in [-0.4, -0.2) is 19.5 Å². The normalized spacial score (nSPS) is 14.4. The van der Waals surface area contributed by atoms with Gasteiger partial charge in [-0.25, -0.2) is 13.1 Å². The lowest BCUT2D eigenvalue weighted by molar-refractivity contribution is 0.491. The number of aromatic nitrogens is 1. The number of sulfonamides is 1. The van der Waals surface area contributed by atoms with E-state index in [0.29, 0.717) is 29.1 Å². The third-order valence-corrected chi connectivity index (χ3v) is 6.37. The zero-order valence-corrected chi connectivity index (χ0v) is 15.2. The fourth-order valence-electron chi connectivity index (χ4n) is 2.61. The molecule has 0 saturated carbocycles. The van der Waals surface area contributed by atoms with E-state index in [2.05, 4.69) is 9.71 Å². The molecule has 26 heavy (non-hydrogen) atoms. The van der Waals surface area contributed by atoms with Crippen molar-refractivity contribution in [3.8, 4) is 0 Å². The number of benzene rings is 1. The molecule has 1 aromatic carbocycles. The van der Waals surface area contributed by atoms with Gasteiger partial charge in [0.2, 0.25) is 10.0 Å². The summed E-state index contributed by atoms with van der Waals surface area (Å²) < 4.78 is 34.7. The average molecular weight is 389 g/mol. The van der Waals surface area contributed by atoms with E-state index in [9.17, 15) is 13.2 Å². The zero-order chi connectivity index (χ0) is 18.1. The first kappa shape index (κ1) is 17.0. The third-order valence-electron chi connectivity index (χ3n) is 3.90. The van der Waals surface area contributed by atoms with Gasteiger partial charge in [0, 0.05) is 12.6 Å². The Hall–Kier alpha value is -2.49. The lowest BCUT2D eigenvalue weighted by Crippen LogP contribution is -2.29. The van der Waals surface area contributed by atoms with Gasteiger partial charge in [0.15, 0.2) is 4.80 Å². The highest BCUT2D eigenvalue weighted by molar-refractivity contribution is 7.89. The number of hydrogen-bond acceptors (Lipinski definition) is 6. The maximum atomic E-state index is 12.2. The van der Waals surface area contributed by atoms with Crippen molar-refractivity contribution in [3.05, 3.63) is 73.7 Å². The Morgan fingerprint density at radius 2 is 2.04 bits per heavy atom. The Morgan fingerprint density at radius 1 is 1.23 bits per heavy atom. The highest BCUT2D eigenvalue weighted by Crippen LogP contribution is 2.11. The van der Waals surface area contributed by atoms with Crippen LogP contribution in [0.2, 0.25) is 0 Å². The number of rotatable bonds is 5. The maximum absolute atomic E-state index is 12.2. The zero-order valence-electron chi connectivity index (χ0n) is 13.6. The molecule has 0 aliphatic carbocycles. The molecule has 3 aromatic rings. The van der Waals surface area contributed by atoms with E-state index < -0.39 is 10.0 Å². The van der Waals surface area contributed by atoms with E-state index in [0.717, 1.165) is 4.80 Å². The summed E-state index contributed by atoms with van der Waals surface area (Å²) in [6.07, 6.45) is 1.66. The maximum Gasteiger partial charge on any atom is 0.270 e. The summed E-state index contributed by atoms with van der Waals surface area (Å²) in [5.41, 5.74) is -0.0750. The van der Waals surface area contributed by atoms with Crippen LogP contribution in [-0.2, 0) is 23.1 Å². The summed E-state index contributed by atoms with van der Waals surface area (Å²) in [5.74, 6) is 0.959. The minimum absolute atomic E-state index is 0.0281. The topological polar surface area (TPSA) is 93.7 Å². The molecule has 0 bridgehead atoms. The standard InChI is InChI=1S/C17H15N3O4S2/c21-16-15(25-17-18-8-9-20(16)17)10-12-6-7-13(24-12)11-19-26(22,23)14-4-2-1-3-5-14/h1-7,10,19H,8-9,11H2. The second-order valence-electron chi connectivity index (χ2n) is 5.67. The molecule has 3 heterocycles. The quantitative estimate of drug-likeness (QED) is 0.685. The van der Waals surface area contributed by atoms with Crippen LogP contribution in [0.1, 0.15) is 11.5 Å². The Kier molecular flexibility index (Phi) is 4.35. The first-order chi connectivity index (χ1) is 12.5. The molecule has 134 valence electrons. The van der Waals surface area contributed by atoms with Crippen LogP contribution in [0.5, 0.6) is 0 Å². The molecule has 1 aliphatic rings. The van der Waals surface area contributed by atoms with E-state index in [1.54, 1.807) is 41.0 Å². The molecule has 0 atom stereocenters. The van der Waals surface area contributed by atoms with Crippen LogP contribution >= 0.6 is 11.3 Å².